The Kier molecular flexibility index (Phi) is 10.1. The molecule has 0 fully saturated rings. The molecule has 2 aromatic carbocycles. The van der Waals surface area contributed by atoms with E-state index >= 15 is 0 Å². The summed E-state index contributed by atoms with van der Waals surface area (Å²) in [4.78, 5) is 31.1. The highest BCUT2D eigenvalue weighted by Crippen LogP contribution is 2.32. The molecule has 0 radical (unpaired) electrons. The zero-order valence-electron chi connectivity index (χ0n) is 20.4. The minimum atomic E-state index is -4.52. The van der Waals surface area contributed by atoms with Gasteiger partial charge in [-0.05, 0) is 42.3 Å². The normalized spacial score (nSPS) is 13.5. The van der Waals surface area contributed by atoms with E-state index in [2.05, 4.69) is 15.4 Å². The molecule has 0 bridgehead atoms. The predicted octanol–water partition coefficient (Wildman–Crippen LogP) is 3.76. The number of benzene rings is 2. The van der Waals surface area contributed by atoms with Crippen molar-refractivity contribution in [3.05, 3.63) is 64.7 Å². The lowest BCUT2D eigenvalue weighted by atomic mass is 9.99. The number of ether oxygens (including phenoxy) is 1. The van der Waals surface area contributed by atoms with E-state index in [1.54, 1.807) is 13.1 Å². The van der Waals surface area contributed by atoms with Gasteiger partial charge in [0, 0.05) is 31.9 Å². The number of hydrogen-bond donors (Lipinski definition) is 2. The van der Waals surface area contributed by atoms with Gasteiger partial charge >= 0.3 is 12.3 Å². The molecule has 0 saturated carbocycles. The van der Waals surface area contributed by atoms with Crippen molar-refractivity contribution in [1.82, 2.24) is 15.3 Å². The first-order valence-electron chi connectivity index (χ1n) is 11.8. The summed E-state index contributed by atoms with van der Waals surface area (Å²) in [6.45, 7) is -0.144. The Labute approximate surface area is 212 Å². The molecule has 0 saturated heterocycles. The minimum absolute atomic E-state index is 0.0293. The highest BCUT2D eigenvalue weighted by atomic mass is 19.4. The van der Waals surface area contributed by atoms with Crippen molar-refractivity contribution in [2.24, 2.45) is 0 Å². The summed E-state index contributed by atoms with van der Waals surface area (Å²) >= 11 is 0. The van der Waals surface area contributed by atoms with Gasteiger partial charge in [-0.1, -0.05) is 30.3 Å². The van der Waals surface area contributed by atoms with E-state index in [1.807, 2.05) is 12.1 Å². The second-order valence-corrected chi connectivity index (χ2v) is 8.36. The SMILES string of the molecule is CNCCN(Cc1ccccc1C(F)(F)F)C(=O)CNc1cccc2c1CCN(OC(=O)OCCF)C2. The summed E-state index contributed by atoms with van der Waals surface area (Å²) in [5.41, 5.74) is 1.80. The summed E-state index contributed by atoms with van der Waals surface area (Å²) < 4.78 is 57.1. The van der Waals surface area contributed by atoms with Gasteiger partial charge in [0.15, 0.2) is 0 Å². The largest absolute Gasteiger partial charge is 0.528 e. The van der Waals surface area contributed by atoms with Crippen molar-refractivity contribution in [2.45, 2.75) is 25.7 Å². The number of hydrogen-bond acceptors (Lipinski definition) is 7. The first-order chi connectivity index (χ1) is 17.7. The molecule has 0 aromatic heterocycles. The molecule has 2 aromatic rings. The van der Waals surface area contributed by atoms with E-state index in [9.17, 15) is 27.2 Å². The molecule has 12 heteroatoms. The van der Waals surface area contributed by atoms with E-state index in [-0.39, 0.29) is 44.3 Å². The molecular weight excluding hydrogens is 496 g/mol. The maximum atomic E-state index is 13.5. The first-order valence-corrected chi connectivity index (χ1v) is 11.8. The second-order valence-electron chi connectivity index (χ2n) is 8.36. The van der Waals surface area contributed by atoms with E-state index in [0.717, 1.165) is 22.9 Å². The average Bonchev–Trinajstić information content (AvgIpc) is 2.87. The maximum absolute atomic E-state index is 13.5. The van der Waals surface area contributed by atoms with Crippen molar-refractivity contribution >= 4 is 17.7 Å². The fraction of sp³-hybridized carbons (Fsp3) is 0.440. The second kappa shape index (κ2) is 13.2. The van der Waals surface area contributed by atoms with Crippen LogP contribution in [-0.4, -0.2) is 68.5 Å². The number of amides is 1. The van der Waals surface area contributed by atoms with Crippen LogP contribution in [0.15, 0.2) is 42.5 Å². The van der Waals surface area contributed by atoms with Crippen LogP contribution in [0.4, 0.5) is 28.0 Å². The van der Waals surface area contributed by atoms with Gasteiger partial charge in [-0.3, -0.25) is 4.79 Å². The molecule has 0 unspecified atom stereocenters. The van der Waals surface area contributed by atoms with Crippen LogP contribution in [0.1, 0.15) is 22.3 Å². The lowest BCUT2D eigenvalue weighted by Gasteiger charge is -2.29. The Morgan fingerprint density at radius 3 is 2.65 bits per heavy atom. The molecular formula is C25H30F4N4O4. The van der Waals surface area contributed by atoms with Crippen molar-refractivity contribution in [2.75, 3.05) is 51.8 Å². The van der Waals surface area contributed by atoms with Crippen molar-refractivity contribution in [3.8, 4) is 0 Å². The summed E-state index contributed by atoms with van der Waals surface area (Å²) in [5, 5.41) is 7.45. The topological polar surface area (TPSA) is 83.1 Å². The lowest BCUT2D eigenvalue weighted by molar-refractivity contribution is -0.139. The van der Waals surface area contributed by atoms with E-state index in [4.69, 9.17) is 4.84 Å². The van der Waals surface area contributed by atoms with Crippen molar-refractivity contribution < 1.29 is 36.7 Å². The van der Waals surface area contributed by atoms with Gasteiger partial charge in [-0.2, -0.15) is 13.2 Å². The number of carbonyl (C=O) groups excluding carboxylic acids is 2. The molecule has 1 aliphatic heterocycles. The molecule has 1 heterocycles. The van der Waals surface area contributed by atoms with Gasteiger partial charge < -0.3 is 25.1 Å². The fourth-order valence-corrected chi connectivity index (χ4v) is 4.04. The number of alkyl halides is 4. The highest BCUT2D eigenvalue weighted by Gasteiger charge is 2.33. The number of carbonyl (C=O) groups is 2. The Bertz CT molecular complexity index is 1070. The van der Waals surface area contributed by atoms with Crippen molar-refractivity contribution in [3.63, 3.8) is 0 Å². The Morgan fingerprint density at radius 2 is 1.92 bits per heavy atom. The summed E-state index contributed by atoms with van der Waals surface area (Å²) in [5.74, 6) is -0.346. The number of fused-ring (bicyclic) bond motifs is 1. The lowest BCUT2D eigenvalue weighted by Crippen LogP contribution is -2.39. The zero-order valence-corrected chi connectivity index (χ0v) is 20.4. The summed E-state index contributed by atoms with van der Waals surface area (Å²) in [6, 6.07) is 10.7. The van der Waals surface area contributed by atoms with Crippen LogP contribution in [0.5, 0.6) is 0 Å². The molecule has 1 amide bonds. The van der Waals surface area contributed by atoms with Crippen LogP contribution in [0.3, 0.4) is 0 Å². The molecule has 8 nitrogen and oxygen atoms in total. The van der Waals surface area contributed by atoms with Crippen LogP contribution >= 0.6 is 0 Å². The summed E-state index contributed by atoms with van der Waals surface area (Å²) in [6.07, 6.45) is -4.99. The maximum Gasteiger partial charge on any atom is 0.528 e. The van der Waals surface area contributed by atoms with E-state index in [0.29, 0.717) is 19.5 Å². The van der Waals surface area contributed by atoms with Gasteiger partial charge in [-0.25, -0.2) is 9.18 Å². The van der Waals surface area contributed by atoms with Crippen LogP contribution in [0, 0.1) is 0 Å². The van der Waals surface area contributed by atoms with Gasteiger partial charge in [0.05, 0.1) is 18.7 Å². The van der Waals surface area contributed by atoms with E-state index < -0.39 is 24.6 Å². The van der Waals surface area contributed by atoms with Crippen LogP contribution in [0.25, 0.3) is 0 Å². The highest BCUT2D eigenvalue weighted by molar-refractivity contribution is 5.81. The quantitative estimate of drug-likeness (QED) is 0.341. The Balaban J connectivity index is 1.66. The molecule has 0 atom stereocenters. The number of nitrogens with zero attached hydrogens (tertiary/aromatic N) is 2. The number of nitrogens with one attached hydrogen (secondary N) is 2. The van der Waals surface area contributed by atoms with Gasteiger partial charge in [0.1, 0.15) is 13.3 Å². The third kappa shape index (κ3) is 8.05. The molecule has 2 N–H and O–H groups in total. The Morgan fingerprint density at radius 1 is 1.14 bits per heavy atom. The monoisotopic (exact) mass is 526 g/mol. The van der Waals surface area contributed by atoms with Gasteiger partial charge in [-0.15, -0.1) is 5.06 Å². The van der Waals surface area contributed by atoms with Crippen molar-refractivity contribution in [1.29, 1.82) is 0 Å². The number of rotatable bonds is 11. The first kappa shape index (κ1) is 28.2. The standard InChI is InChI=1S/C25H30F4N4O4/c1-30-11-13-32(16-19-5-2-3-7-21(19)25(27,28)29)23(34)15-31-22-8-4-6-18-17-33(12-9-20(18)22)37-24(35)36-14-10-26/h2-8,30-31H,9-17H2,1H3. The molecule has 0 aliphatic carbocycles. The van der Waals surface area contributed by atoms with E-state index in [1.165, 1.54) is 28.2 Å². The van der Waals surface area contributed by atoms with Gasteiger partial charge in [0.25, 0.3) is 0 Å². The molecule has 1 aliphatic rings. The Hall–Kier alpha value is -3.38. The third-order valence-corrected chi connectivity index (χ3v) is 5.83. The predicted molar refractivity (Wildman–Crippen MR) is 128 cm³/mol. The number of anilines is 1. The number of halogens is 4. The third-order valence-electron chi connectivity index (χ3n) is 5.83. The minimum Gasteiger partial charge on any atom is -0.430 e. The number of likely N-dealkylation sites (N-methyl/N-ethyl adjacent to an activating group) is 1. The molecule has 202 valence electrons. The molecule has 37 heavy (non-hydrogen) atoms. The molecule has 3 rings (SSSR count). The van der Waals surface area contributed by atoms with Crippen LogP contribution in [0.2, 0.25) is 0 Å². The molecule has 0 spiro atoms. The fourth-order valence-electron chi connectivity index (χ4n) is 4.04. The average molecular weight is 527 g/mol. The van der Waals surface area contributed by atoms with Crippen LogP contribution < -0.4 is 10.6 Å². The van der Waals surface area contributed by atoms with Gasteiger partial charge in [0.2, 0.25) is 5.91 Å². The number of hydroxylamine groups is 2. The van der Waals surface area contributed by atoms with Crippen LogP contribution in [-0.2, 0) is 40.1 Å². The smallest absolute Gasteiger partial charge is 0.430 e. The zero-order chi connectivity index (χ0) is 26.8. The summed E-state index contributed by atoms with van der Waals surface area (Å²) in [7, 11) is 1.70.